The minimum absolute atomic E-state index is 0.0729. The largest absolute Gasteiger partial charge is 0.317 e. The van der Waals surface area contributed by atoms with Gasteiger partial charge in [-0.3, -0.25) is 9.59 Å². The Morgan fingerprint density at radius 3 is 2.45 bits per heavy atom. The van der Waals surface area contributed by atoms with Crippen molar-refractivity contribution >= 4 is 11.8 Å². The van der Waals surface area contributed by atoms with Crippen molar-refractivity contribution in [3.8, 4) is 0 Å². The maximum absolute atomic E-state index is 11.4. The molecule has 0 aromatic carbocycles. The van der Waals surface area contributed by atoms with Crippen LogP contribution in [-0.4, -0.2) is 18.2 Å². The van der Waals surface area contributed by atoms with Crippen molar-refractivity contribution in [1.82, 2.24) is 10.9 Å². The molecule has 63 valence electrons. The van der Waals surface area contributed by atoms with E-state index >= 15 is 0 Å². The molecule has 0 heterocycles. The van der Waals surface area contributed by atoms with E-state index in [1.165, 1.54) is 12.3 Å². The highest BCUT2D eigenvalue weighted by Gasteiger charge is 2.15. The van der Waals surface area contributed by atoms with Crippen molar-refractivity contribution in [2.45, 2.75) is 19.8 Å². The Morgan fingerprint density at radius 1 is 1.55 bits per heavy atom. The Labute approximate surface area is 61.9 Å². The van der Waals surface area contributed by atoms with Gasteiger partial charge < -0.3 is 0 Å². The molecule has 1 radical (unpaired) electrons. The monoisotopic (exact) mass is 165 g/mol. The Morgan fingerprint density at radius 2 is 2.09 bits per heavy atom. The van der Waals surface area contributed by atoms with E-state index in [-0.39, 0.29) is 6.42 Å². The van der Waals surface area contributed by atoms with Gasteiger partial charge in [-0.2, -0.15) is 8.78 Å². The number of hydrogen-bond acceptors (Lipinski definition) is 2. The second-order valence-corrected chi connectivity index (χ2v) is 1.64. The lowest BCUT2D eigenvalue weighted by molar-refractivity contribution is -0.136. The van der Waals surface area contributed by atoms with Crippen LogP contribution in [0.2, 0.25) is 0 Å². The zero-order valence-electron chi connectivity index (χ0n) is 5.80. The predicted molar refractivity (Wildman–Crippen MR) is 31.6 cm³/mol. The number of rotatable bonds is 2. The van der Waals surface area contributed by atoms with Gasteiger partial charge in [0.2, 0.25) is 0 Å². The van der Waals surface area contributed by atoms with Gasteiger partial charge in [-0.25, -0.2) is 5.43 Å². The van der Waals surface area contributed by atoms with Crippen LogP contribution < -0.4 is 10.9 Å². The summed E-state index contributed by atoms with van der Waals surface area (Å²) < 4.78 is 22.8. The highest BCUT2D eigenvalue weighted by Crippen LogP contribution is 1.89. The molecular weight excluding hydrogens is 158 g/mol. The number of nitrogens with zero attached hydrogens (tertiary/aromatic N) is 1. The summed E-state index contributed by atoms with van der Waals surface area (Å²) in [5, 5.41) is 0. The van der Waals surface area contributed by atoms with Crippen LogP contribution in [0.5, 0.6) is 0 Å². The van der Waals surface area contributed by atoms with Crippen LogP contribution in [0, 0.1) is 0 Å². The maximum Gasteiger partial charge on any atom is 0.317 e. The average molecular weight is 165 g/mol. The second-order valence-electron chi connectivity index (χ2n) is 1.64. The quantitative estimate of drug-likeness (QED) is 0.577. The molecule has 4 nitrogen and oxygen atoms in total. The van der Waals surface area contributed by atoms with Crippen molar-refractivity contribution in [2.75, 3.05) is 0 Å². The van der Waals surface area contributed by atoms with Gasteiger partial charge in [0.05, 0.1) is 0 Å². The van der Waals surface area contributed by atoms with E-state index in [4.69, 9.17) is 0 Å². The highest BCUT2D eigenvalue weighted by atomic mass is 19.3. The first-order chi connectivity index (χ1) is 5.07. The normalized spacial score (nSPS) is 9.45. The molecule has 0 aromatic heterocycles. The number of halogens is 2. The lowest BCUT2D eigenvalue weighted by Crippen LogP contribution is -2.38. The molecule has 0 aliphatic rings. The third kappa shape index (κ3) is 4.24. The second kappa shape index (κ2) is 4.59. The molecule has 0 saturated carbocycles. The number of nitrogens with one attached hydrogen (secondary N) is 1. The lowest BCUT2D eigenvalue weighted by atomic mass is 10.5. The number of amides is 2. The molecule has 1 N–H and O–H groups in total. The molecule has 0 bridgehead atoms. The molecule has 0 spiro atoms. The smallest absolute Gasteiger partial charge is 0.271 e. The molecule has 0 aromatic rings. The summed E-state index contributed by atoms with van der Waals surface area (Å²) in [5.41, 5.74) is 4.26. The zero-order chi connectivity index (χ0) is 8.85. The van der Waals surface area contributed by atoms with E-state index in [9.17, 15) is 18.4 Å². The van der Waals surface area contributed by atoms with Crippen molar-refractivity contribution in [2.24, 2.45) is 0 Å². The highest BCUT2D eigenvalue weighted by molar-refractivity contribution is 5.83. The number of alkyl halides is 2. The van der Waals surface area contributed by atoms with Crippen molar-refractivity contribution in [3.63, 3.8) is 0 Å². The summed E-state index contributed by atoms with van der Waals surface area (Å²) in [4.78, 5) is 20.4. The SMILES string of the molecule is CCC(=O)[N]NC(=O)C(F)F. The molecule has 0 fully saturated rings. The third-order valence-corrected chi connectivity index (χ3v) is 0.791. The Balaban J connectivity index is 3.54. The fourth-order valence-electron chi connectivity index (χ4n) is 0.245. The Bertz CT molecular complexity index is 161. The first kappa shape index (κ1) is 9.80. The van der Waals surface area contributed by atoms with Crippen LogP contribution in [0.25, 0.3) is 0 Å². The summed E-state index contributed by atoms with van der Waals surface area (Å²) in [6, 6.07) is 0. The van der Waals surface area contributed by atoms with Gasteiger partial charge in [-0.05, 0) is 0 Å². The van der Waals surface area contributed by atoms with E-state index in [1.807, 2.05) is 0 Å². The van der Waals surface area contributed by atoms with Gasteiger partial charge in [0.1, 0.15) is 0 Å². The van der Waals surface area contributed by atoms with Gasteiger partial charge in [-0.1, -0.05) is 6.92 Å². The van der Waals surface area contributed by atoms with Gasteiger partial charge >= 0.3 is 12.3 Å². The summed E-state index contributed by atoms with van der Waals surface area (Å²) >= 11 is 0. The van der Waals surface area contributed by atoms with Gasteiger partial charge in [0.25, 0.3) is 5.91 Å². The van der Waals surface area contributed by atoms with Gasteiger partial charge in [-0.15, -0.1) is 5.43 Å². The Hall–Kier alpha value is -1.20. The van der Waals surface area contributed by atoms with E-state index in [2.05, 4.69) is 5.43 Å². The van der Waals surface area contributed by atoms with E-state index in [0.29, 0.717) is 0 Å². The minimum Gasteiger partial charge on any atom is -0.271 e. The van der Waals surface area contributed by atoms with Crippen molar-refractivity contribution in [3.05, 3.63) is 0 Å². The first-order valence-corrected chi connectivity index (χ1v) is 2.89. The lowest BCUT2D eigenvalue weighted by Gasteiger charge is -2.00. The molecule has 0 atom stereocenters. The number of carbonyl (C=O) groups excluding carboxylic acids is 2. The topological polar surface area (TPSA) is 60.3 Å². The standard InChI is InChI=1S/C5H7F2N2O2/c1-2-3(10)8-9-5(11)4(6)7/h4H,2H2,1H3,(H,9,11). The molecule has 0 saturated heterocycles. The molecule has 2 amide bonds. The third-order valence-electron chi connectivity index (χ3n) is 0.791. The fourth-order valence-corrected chi connectivity index (χ4v) is 0.245. The molecular formula is C5H7F2N2O2. The molecule has 11 heavy (non-hydrogen) atoms. The van der Waals surface area contributed by atoms with Gasteiger partial charge in [0.15, 0.2) is 0 Å². The van der Waals surface area contributed by atoms with Crippen LogP contribution in [0.15, 0.2) is 0 Å². The summed E-state index contributed by atoms with van der Waals surface area (Å²) in [6.45, 7) is 1.50. The van der Waals surface area contributed by atoms with Gasteiger partial charge in [0, 0.05) is 6.42 Å². The summed E-state index contributed by atoms with van der Waals surface area (Å²) in [7, 11) is 0. The van der Waals surface area contributed by atoms with E-state index in [1.54, 1.807) is 0 Å². The van der Waals surface area contributed by atoms with Crippen molar-refractivity contribution < 1.29 is 18.4 Å². The summed E-state index contributed by atoms with van der Waals surface area (Å²) in [6.07, 6.45) is -3.06. The maximum atomic E-state index is 11.4. The summed E-state index contributed by atoms with van der Waals surface area (Å²) in [5.74, 6) is -2.20. The molecule has 0 unspecified atom stereocenters. The van der Waals surface area contributed by atoms with E-state index < -0.39 is 18.2 Å². The molecule has 0 aliphatic carbocycles. The molecule has 0 rings (SSSR count). The number of hydrogen-bond donors (Lipinski definition) is 1. The average Bonchev–Trinajstić information content (AvgIpc) is 1.99. The molecule has 0 aliphatic heterocycles. The Kier molecular flexibility index (Phi) is 4.09. The molecule has 6 heteroatoms. The van der Waals surface area contributed by atoms with Crippen molar-refractivity contribution in [1.29, 1.82) is 0 Å². The van der Waals surface area contributed by atoms with E-state index in [0.717, 1.165) is 0 Å². The predicted octanol–water partition coefficient (Wildman–Crippen LogP) is -0.176. The zero-order valence-corrected chi connectivity index (χ0v) is 5.80. The van der Waals surface area contributed by atoms with Crippen LogP contribution in [-0.2, 0) is 9.59 Å². The first-order valence-electron chi connectivity index (χ1n) is 2.89. The van der Waals surface area contributed by atoms with Crippen LogP contribution >= 0.6 is 0 Å². The number of carbonyl (C=O) groups is 2. The minimum atomic E-state index is -3.14. The fraction of sp³-hybridized carbons (Fsp3) is 0.600. The van der Waals surface area contributed by atoms with Crippen LogP contribution in [0.3, 0.4) is 0 Å². The van der Waals surface area contributed by atoms with Crippen LogP contribution in [0.4, 0.5) is 8.78 Å². The van der Waals surface area contributed by atoms with Crippen LogP contribution in [0.1, 0.15) is 13.3 Å².